The lowest BCUT2D eigenvalue weighted by atomic mass is 9.99. The Kier molecular flexibility index (Phi) is 6.60. The molecule has 2 fully saturated rings. The monoisotopic (exact) mass is 411 g/mol. The van der Waals surface area contributed by atoms with Crippen LogP contribution < -0.4 is 0 Å². The minimum atomic E-state index is -0.687. The number of carbonyl (C=O) groups excluding carboxylic acids is 2. The topological polar surface area (TPSA) is 43.9 Å². The second kappa shape index (κ2) is 8.78. The summed E-state index contributed by atoms with van der Waals surface area (Å²) < 4.78 is 27.8. The van der Waals surface area contributed by atoms with Crippen LogP contribution >= 0.6 is 11.8 Å². The zero-order chi connectivity index (χ0) is 20.4. The zero-order valence-electron chi connectivity index (χ0n) is 16.5. The van der Waals surface area contributed by atoms with E-state index in [1.807, 2.05) is 20.9 Å². The maximum absolute atomic E-state index is 14.4. The quantitative estimate of drug-likeness (QED) is 0.747. The zero-order valence-corrected chi connectivity index (χ0v) is 17.3. The van der Waals surface area contributed by atoms with E-state index in [0.717, 1.165) is 19.2 Å². The van der Waals surface area contributed by atoms with Crippen molar-refractivity contribution in [2.45, 2.75) is 31.7 Å². The molecule has 0 radical (unpaired) electrons. The molecule has 2 atom stereocenters. The van der Waals surface area contributed by atoms with E-state index in [2.05, 4.69) is 4.90 Å². The molecule has 2 amide bonds. The molecular formula is C20H27F2N3O2S. The van der Waals surface area contributed by atoms with Crippen molar-refractivity contribution in [1.82, 2.24) is 14.7 Å². The summed E-state index contributed by atoms with van der Waals surface area (Å²) in [7, 11) is 2.02. The van der Waals surface area contributed by atoms with E-state index < -0.39 is 23.1 Å². The summed E-state index contributed by atoms with van der Waals surface area (Å²) in [6, 6.07) is 2.76. The second-order valence-corrected chi connectivity index (χ2v) is 8.97. The standard InChI is InChI=1S/C20H27F2N3O2S/c1-13(2)10-17(19(27)24-8-6-23(3)7-9-24)25-18(26)12-28-20(25)15-5-4-14(21)11-16(15)22/h4-5,11,13,17,20H,6-10,12H2,1-3H3/t17-,20-/m1/s1. The Morgan fingerprint density at radius 3 is 2.50 bits per heavy atom. The van der Waals surface area contributed by atoms with Gasteiger partial charge in [-0.2, -0.15) is 0 Å². The molecule has 2 aliphatic heterocycles. The molecule has 154 valence electrons. The summed E-state index contributed by atoms with van der Waals surface area (Å²) in [6.45, 7) is 6.83. The van der Waals surface area contributed by atoms with Crippen LogP contribution in [-0.2, 0) is 9.59 Å². The molecule has 3 rings (SSSR count). The van der Waals surface area contributed by atoms with E-state index in [4.69, 9.17) is 0 Å². The van der Waals surface area contributed by atoms with Gasteiger partial charge in [-0.1, -0.05) is 19.9 Å². The van der Waals surface area contributed by atoms with Crippen LogP contribution in [0.15, 0.2) is 18.2 Å². The van der Waals surface area contributed by atoms with Gasteiger partial charge < -0.3 is 14.7 Å². The van der Waals surface area contributed by atoms with Crippen LogP contribution in [0.2, 0.25) is 0 Å². The predicted molar refractivity (Wildman–Crippen MR) is 106 cm³/mol. The van der Waals surface area contributed by atoms with Crippen molar-refractivity contribution >= 4 is 23.6 Å². The lowest BCUT2D eigenvalue weighted by Gasteiger charge is -2.39. The minimum Gasteiger partial charge on any atom is -0.338 e. The smallest absolute Gasteiger partial charge is 0.245 e. The molecule has 2 heterocycles. The number of halogens is 2. The van der Waals surface area contributed by atoms with E-state index in [1.165, 1.54) is 28.8 Å². The maximum Gasteiger partial charge on any atom is 0.245 e. The number of hydrogen-bond donors (Lipinski definition) is 0. The van der Waals surface area contributed by atoms with Crippen LogP contribution in [0.4, 0.5) is 8.78 Å². The average molecular weight is 412 g/mol. The van der Waals surface area contributed by atoms with Gasteiger partial charge in [0.05, 0.1) is 5.75 Å². The van der Waals surface area contributed by atoms with Gasteiger partial charge in [0.25, 0.3) is 0 Å². The molecule has 2 aliphatic rings. The highest BCUT2D eigenvalue weighted by Crippen LogP contribution is 2.42. The van der Waals surface area contributed by atoms with Gasteiger partial charge >= 0.3 is 0 Å². The number of hydrogen-bond acceptors (Lipinski definition) is 4. The second-order valence-electron chi connectivity index (χ2n) is 7.90. The molecule has 28 heavy (non-hydrogen) atoms. The fraction of sp³-hybridized carbons (Fsp3) is 0.600. The summed E-state index contributed by atoms with van der Waals surface area (Å²) in [5, 5.41) is -0.617. The van der Waals surface area contributed by atoms with E-state index in [0.29, 0.717) is 19.5 Å². The fourth-order valence-corrected chi connectivity index (χ4v) is 4.98. The average Bonchev–Trinajstić information content (AvgIpc) is 3.01. The number of amides is 2. The van der Waals surface area contributed by atoms with Gasteiger partial charge in [0.1, 0.15) is 23.1 Å². The highest BCUT2D eigenvalue weighted by atomic mass is 32.2. The predicted octanol–water partition coefficient (Wildman–Crippen LogP) is 2.73. The molecule has 1 aromatic rings. The van der Waals surface area contributed by atoms with Gasteiger partial charge in [-0.15, -0.1) is 11.8 Å². The number of nitrogens with zero attached hydrogens (tertiary/aromatic N) is 3. The molecule has 0 bridgehead atoms. The first-order valence-electron chi connectivity index (χ1n) is 9.63. The van der Waals surface area contributed by atoms with Gasteiger partial charge in [0.2, 0.25) is 11.8 Å². The molecule has 8 heteroatoms. The molecule has 0 unspecified atom stereocenters. The third-order valence-electron chi connectivity index (χ3n) is 5.26. The van der Waals surface area contributed by atoms with E-state index in [9.17, 15) is 18.4 Å². The third kappa shape index (κ3) is 4.49. The number of likely N-dealkylation sites (N-methyl/N-ethyl adjacent to an activating group) is 1. The van der Waals surface area contributed by atoms with Crippen molar-refractivity contribution in [3.63, 3.8) is 0 Å². The Labute approximate surface area is 169 Å². The van der Waals surface area contributed by atoms with Gasteiger partial charge in [-0.05, 0) is 25.5 Å². The Hall–Kier alpha value is -1.67. The van der Waals surface area contributed by atoms with Gasteiger partial charge in [-0.3, -0.25) is 9.59 Å². The van der Waals surface area contributed by atoms with Gasteiger partial charge in [0.15, 0.2) is 0 Å². The van der Waals surface area contributed by atoms with Crippen LogP contribution in [-0.4, -0.2) is 71.5 Å². The summed E-state index contributed by atoms with van der Waals surface area (Å²) in [5.74, 6) is -1.22. The van der Waals surface area contributed by atoms with Crippen molar-refractivity contribution in [2.75, 3.05) is 39.0 Å². The van der Waals surface area contributed by atoms with Crippen molar-refractivity contribution < 1.29 is 18.4 Å². The van der Waals surface area contributed by atoms with Crippen LogP contribution in [0.3, 0.4) is 0 Å². The molecule has 0 aromatic heterocycles. The SMILES string of the molecule is CC(C)C[C@H](C(=O)N1CCN(C)CC1)N1C(=O)CS[C@@H]1c1ccc(F)cc1F. The largest absolute Gasteiger partial charge is 0.338 e. The number of rotatable bonds is 5. The van der Waals surface area contributed by atoms with Crippen molar-refractivity contribution in [2.24, 2.45) is 5.92 Å². The molecule has 1 aromatic carbocycles. The van der Waals surface area contributed by atoms with Crippen LogP contribution in [0, 0.1) is 17.6 Å². The first-order chi connectivity index (χ1) is 13.3. The number of piperazine rings is 1. The summed E-state index contributed by atoms with van der Waals surface area (Å²) in [4.78, 5) is 31.6. The number of carbonyl (C=O) groups is 2. The first kappa shape index (κ1) is 21.0. The van der Waals surface area contributed by atoms with Gasteiger partial charge in [-0.25, -0.2) is 8.78 Å². The molecule has 0 saturated carbocycles. The third-order valence-corrected chi connectivity index (χ3v) is 6.47. The normalized spacial score (nSPS) is 22.2. The van der Waals surface area contributed by atoms with Crippen molar-refractivity contribution in [3.8, 4) is 0 Å². The molecule has 0 N–H and O–H groups in total. The molecule has 2 saturated heterocycles. The fourth-order valence-electron chi connectivity index (χ4n) is 3.73. The number of thioether (sulfide) groups is 1. The molecule has 5 nitrogen and oxygen atoms in total. The Balaban J connectivity index is 1.90. The Morgan fingerprint density at radius 1 is 1.21 bits per heavy atom. The van der Waals surface area contributed by atoms with Crippen LogP contribution in [0.25, 0.3) is 0 Å². The van der Waals surface area contributed by atoms with E-state index in [1.54, 1.807) is 4.90 Å². The van der Waals surface area contributed by atoms with Crippen LogP contribution in [0.5, 0.6) is 0 Å². The highest BCUT2D eigenvalue weighted by molar-refractivity contribution is 8.00. The Morgan fingerprint density at radius 2 is 1.89 bits per heavy atom. The lowest BCUT2D eigenvalue weighted by Crippen LogP contribution is -2.55. The number of benzene rings is 1. The van der Waals surface area contributed by atoms with Crippen LogP contribution in [0.1, 0.15) is 31.2 Å². The molecule has 0 aliphatic carbocycles. The molecular weight excluding hydrogens is 384 g/mol. The van der Waals surface area contributed by atoms with E-state index >= 15 is 0 Å². The van der Waals surface area contributed by atoms with Gasteiger partial charge in [0, 0.05) is 37.8 Å². The van der Waals surface area contributed by atoms with E-state index in [-0.39, 0.29) is 29.0 Å². The molecule has 0 spiro atoms. The highest BCUT2D eigenvalue weighted by Gasteiger charge is 2.43. The minimum absolute atomic E-state index is 0.0785. The maximum atomic E-state index is 14.4. The summed E-state index contributed by atoms with van der Waals surface area (Å²) in [6.07, 6.45) is 0.511. The lowest BCUT2D eigenvalue weighted by molar-refractivity contribution is -0.146. The van der Waals surface area contributed by atoms with Crippen molar-refractivity contribution in [3.05, 3.63) is 35.4 Å². The Bertz CT molecular complexity index is 738. The first-order valence-corrected chi connectivity index (χ1v) is 10.7. The summed E-state index contributed by atoms with van der Waals surface area (Å²) in [5.41, 5.74) is 0.247. The summed E-state index contributed by atoms with van der Waals surface area (Å²) >= 11 is 1.29. The van der Waals surface area contributed by atoms with Crippen molar-refractivity contribution in [1.29, 1.82) is 0 Å².